The van der Waals surface area contributed by atoms with Gasteiger partial charge >= 0.3 is 12.1 Å². The predicted molar refractivity (Wildman–Crippen MR) is 58.2 cm³/mol. The highest BCUT2D eigenvalue weighted by atomic mass is 16.6. The third kappa shape index (κ3) is 3.72. The molecule has 0 aliphatic carbocycles. The van der Waals surface area contributed by atoms with Crippen molar-refractivity contribution in [1.82, 2.24) is 4.90 Å². The van der Waals surface area contributed by atoms with Gasteiger partial charge in [0.2, 0.25) is 0 Å². The van der Waals surface area contributed by atoms with Crippen molar-refractivity contribution in [2.45, 2.75) is 39.2 Å². The molecule has 16 heavy (non-hydrogen) atoms. The second-order valence-electron chi connectivity index (χ2n) is 5.08. The van der Waals surface area contributed by atoms with Crippen LogP contribution in [0.1, 0.15) is 33.6 Å². The molecule has 0 aromatic carbocycles. The van der Waals surface area contributed by atoms with Gasteiger partial charge in [-0.3, -0.25) is 4.79 Å². The van der Waals surface area contributed by atoms with Crippen LogP contribution in [-0.2, 0) is 9.53 Å². The summed E-state index contributed by atoms with van der Waals surface area (Å²) in [5, 5.41) is 8.76. The van der Waals surface area contributed by atoms with Gasteiger partial charge in [-0.15, -0.1) is 0 Å². The molecule has 0 aromatic heterocycles. The van der Waals surface area contributed by atoms with Crippen molar-refractivity contribution in [1.29, 1.82) is 0 Å². The van der Waals surface area contributed by atoms with Crippen molar-refractivity contribution in [3.8, 4) is 0 Å². The van der Waals surface area contributed by atoms with E-state index in [-0.39, 0.29) is 11.9 Å². The summed E-state index contributed by atoms with van der Waals surface area (Å²) in [5.74, 6) is -0.368. The largest absolute Gasteiger partial charge is 0.465 e. The first kappa shape index (κ1) is 12.8. The smallest absolute Gasteiger partial charge is 0.407 e. The van der Waals surface area contributed by atoms with E-state index in [0.717, 1.165) is 0 Å². The van der Waals surface area contributed by atoms with Gasteiger partial charge in [0, 0.05) is 13.1 Å². The number of nitrogens with zero attached hydrogens (tertiary/aromatic N) is 1. The molecule has 92 valence electrons. The van der Waals surface area contributed by atoms with Gasteiger partial charge < -0.3 is 14.7 Å². The zero-order chi connectivity index (χ0) is 12.3. The van der Waals surface area contributed by atoms with Crippen molar-refractivity contribution in [3.63, 3.8) is 0 Å². The first-order valence-corrected chi connectivity index (χ1v) is 5.50. The zero-order valence-corrected chi connectivity index (χ0v) is 10.0. The van der Waals surface area contributed by atoms with E-state index in [4.69, 9.17) is 9.84 Å². The minimum atomic E-state index is -0.914. The van der Waals surface area contributed by atoms with E-state index in [0.29, 0.717) is 25.9 Å². The number of hydrogen-bond donors (Lipinski definition) is 1. The van der Waals surface area contributed by atoms with Crippen LogP contribution in [0.15, 0.2) is 0 Å². The lowest BCUT2D eigenvalue weighted by Gasteiger charge is -2.30. The van der Waals surface area contributed by atoms with Crippen molar-refractivity contribution in [2.75, 3.05) is 13.1 Å². The number of carbonyl (C=O) groups is 2. The second kappa shape index (κ2) is 4.72. The Balaban J connectivity index is 2.42. The van der Waals surface area contributed by atoms with Gasteiger partial charge in [-0.2, -0.15) is 0 Å². The van der Waals surface area contributed by atoms with E-state index in [1.807, 2.05) is 20.8 Å². The fourth-order valence-electron chi connectivity index (χ4n) is 1.69. The molecular weight excluding hydrogens is 210 g/mol. The molecule has 0 aromatic rings. The average Bonchev–Trinajstić information content (AvgIpc) is 2.15. The van der Waals surface area contributed by atoms with Crippen LogP contribution in [0.5, 0.6) is 0 Å². The number of rotatable bonds is 1. The number of amides is 1. The Hall–Kier alpha value is -1.26. The minimum Gasteiger partial charge on any atom is -0.465 e. The molecule has 1 heterocycles. The van der Waals surface area contributed by atoms with Crippen LogP contribution >= 0.6 is 0 Å². The molecule has 1 N–H and O–H groups in total. The molecule has 0 radical (unpaired) electrons. The summed E-state index contributed by atoms with van der Waals surface area (Å²) < 4.78 is 5.27. The van der Waals surface area contributed by atoms with Crippen LogP contribution in [0.25, 0.3) is 0 Å². The number of carboxylic acid groups (broad SMARTS) is 1. The number of piperidine rings is 1. The Labute approximate surface area is 95.4 Å². The van der Waals surface area contributed by atoms with Crippen molar-refractivity contribution in [3.05, 3.63) is 0 Å². The molecule has 1 amide bonds. The van der Waals surface area contributed by atoms with Crippen LogP contribution < -0.4 is 0 Å². The van der Waals surface area contributed by atoms with E-state index >= 15 is 0 Å². The standard InChI is InChI=1S/C11H19NO4/c1-11(2,3)16-9(13)8-4-6-12(7-5-8)10(14)15/h8H,4-7H2,1-3H3,(H,14,15). The summed E-state index contributed by atoms with van der Waals surface area (Å²) in [7, 11) is 0. The Morgan fingerprint density at radius 1 is 1.25 bits per heavy atom. The molecule has 1 aliphatic heterocycles. The number of ether oxygens (including phenoxy) is 1. The fraction of sp³-hybridized carbons (Fsp3) is 0.818. The SMILES string of the molecule is CC(C)(C)OC(=O)C1CCN(C(=O)O)CC1. The maximum Gasteiger partial charge on any atom is 0.407 e. The lowest BCUT2D eigenvalue weighted by Crippen LogP contribution is -2.41. The molecular formula is C11H19NO4. The number of hydrogen-bond acceptors (Lipinski definition) is 3. The number of carbonyl (C=O) groups excluding carboxylic acids is 1. The maximum absolute atomic E-state index is 11.7. The third-order valence-electron chi connectivity index (χ3n) is 2.51. The number of esters is 1. The molecule has 0 atom stereocenters. The van der Waals surface area contributed by atoms with Gasteiger partial charge in [-0.25, -0.2) is 4.79 Å². The van der Waals surface area contributed by atoms with Crippen molar-refractivity contribution in [2.24, 2.45) is 5.92 Å². The number of likely N-dealkylation sites (tertiary alicyclic amines) is 1. The lowest BCUT2D eigenvalue weighted by molar-refractivity contribution is -0.161. The second-order valence-corrected chi connectivity index (χ2v) is 5.08. The van der Waals surface area contributed by atoms with Crippen LogP contribution in [0, 0.1) is 5.92 Å². The van der Waals surface area contributed by atoms with E-state index in [2.05, 4.69) is 0 Å². The van der Waals surface area contributed by atoms with E-state index < -0.39 is 11.7 Å². The van der Waals surface area contributed by atoms with E-state index in [9.17, 15) is 9.59 Å². The van der Waals surface area contributed by atoms with E-state index in [1.165, 1.54) is 4.90 Å². The molecule has 0 bridgehead atoms. The van der Waals surface area contributed by atoms with Gasteiger partial charge in [0.25, 0.3) is 0 Å². The molecule has 1 rings (SSSR count). The Morgan fingerprint density at radius 2 is 1.75 bits per heavy atom. The normalized spacial score (nSPS) is 18.3. The molecule has 1 saturated heterocycles. The van der Waals surface area contributed by atoms with E-state index in [1.54, 1.807) is 0 Å². The predicted octanol–water partition coefficient (Wildman–Crippen LogP) is 1.72. The van der Waals surface area contributed by atoms with Crippen molar-refractivity contribution >= 4 is 12.1 Å². The summed E-state index contributed by atoms with van der Waals surface area (Å²) in [6.07, 6.45) is 0.199. The van der Waals surface area contributed by atoms with Gasteiger partial charge in [-0.05, 0) is 33.6 Å². The first-order chi connectivity index (χ1) is 7.29. The molecule has 0 spiro atoms. The summed E-state index contributed by atoms with van der Waals surface area (Å²) in [4.78, 5) is 23.7. The van der Waals surface area contributed by atoms with Crippen molar-refractivity contribution < 1.29 is 19.4 Å². The van der Waals surface area contributed by atoms with Crippen LogP contribution in [0.2, 0.25) is 0 Å². The Kier molecular flexibility index (Phi) is 3.78. The van der Waals surface area contributed by atoms with Gasteiger partial charge in [0.05, 0.1) is 5.92 Å². The molecule has 0 saturated carbocycles. The topological polar surface area (TPSA) is 66.8 Å². The molecule has 5 heteroatoms. The third-order valence-corrected chi connectivity index (χ3v) is 2.51. The highest BCUT2D eigenvalue weighted by molar-refractivity contribution is 5.73. The maximum atomic E-state index is 11.7. The summed E-state index contributed by atoms with van der Waals surface area (Å²) >= 11 is 0. The average molecular weight is 229 g/mol. The highest BCUT2D eigenvalue weighted by Gasteiger charge is 2.30. The van der Waals surface area contributed by atoms with Crippen LogP contribution in [-0.4, -0.2) is 40.8 Å². The van der Waals surface area contributed by atoms with Crippen LogP contribution in [0.3, 0.4) is 0 Å². The molecule has 1 aliphatic rings. The molecule has 5 nitrogen and oxygen atoms in total. The Bertz CT molecular complexity index is 274. The fourth-order valence-corrected chi connectivity index (χ4v) is 1.69. The summed E-state index contributed by atoms with van der Waals surface area (Å²) in [6, 6.07) is 0. The molecule has 0 unspecified atom stereocenters. The summed E-state index contributed by atoms with van der Waals surface area (Å²) in [5.41, 5.74) is -0.471. The lowest BCUT2D eigenvalue weighted by atomic mass is 9.97. The van der Waals surface area contributed by atoms with Gasteiger partial charge in [0.15, 0.2) is 0 Å². The first-order valence-electron chi connectivity index (χ1n) is 5.50. The highest BCUT2D eigenvalue weighted by Crippen LogP contribution is 2.21. The van der Waals surface area contributed by atoms with Crippen LogP contribution in [0.4, 0.5) is 4.79 Å². The van der Waals surface area contributed by atoms with Gasteiger partial charge in [-0.1, -0.05) is 0 Å². The zero-order valence-electron chi connectivity index (χ0n) is 10.0. The minimum absolute atomic E-state index is 0.158. The van der Waals surface area contributed by atoms with Gasteiger partial charge in [0.1, 0.15) is 5.60 Å². The molecule has 1 fully saturated rings. The Morgan fingerprint density at radius 3 is 2.12 bits per heavy atom. The quantitative estimate of drug-likeness (QED) is 0.695. The monoisotopic (exact) mass is 229 g/mol. The summed E-state index contributed by atoms with van der Waals surface area (Å²) in [6.45, 7) is 6.32.